The summed E-state index contributed by atoms with van der Waals surface area (Å²) >= 11 is 0. The van der Waals surface area contributed by atoms with E-state index in [1.165, 1.54) is 4.90 Å². The number of aliphatic hydroxyl groups excluding tert-OH is 1. The van der Waals surface area contributed by atoms with Crippen LogP contribution in [0.4, 0.5) is 4.79 Å². The number of aromatic nitrogens is 2. The first-order valence-electron chi connectivity index (χ1n) is 8.23. The molecule has 2 N–H and O–H groups in total. The van der Waals surface area contributed by atoms with E-state index >= 15 is 0 Å². The smallest absolute Gasteiger partial charge is 0.407 e. The predicted octanol–water partition coefficient (Wildman–Crippen LogP) is 2.45. The van der Waals surface area contributed by atoms with Gasteiger partial charge >= 0.3 is 6.09 Å². The molecule has 1 aromatic carbocycles. The summed E-state index contributed by atoms with van der Waals surface area (Å²) in [7, 11) is 0. The average molecular weight is 347 g/mol. The van der Waals surface area contributed by atoms with Crippen molar-refractivity contribution in [1.82, 2.24) is 15.0 Å². The first-order valence-corrected chi connectivity index (χ1v) is 8.23. The monoisotopic (exact) mass is 347 g/mol. The summed E-state index contributed by atoms with van der Waals surface area (Å²) in [4.78, 5) is 16.6. The number of hydrogen-bond donors (Lipinski definition) is 2. The van der Waals surface area contributed by atoms with Crippen LogP contribution in [0.2, 0.25) is 0 Å². The Balaban J connectivity index is 1.53. The molecule has 1 aromatic heterocycles. The highest BCUT2D eigenvalue weighted by Gasteiger charge is 2.23. The Kier molecular flexibility index (Phi) is 5.30. The van der Waals surface area contributed by atoms with Gasteiger partial charge in [0, 0.05) is 18.7 Å². The molecule has 1 amide bonds. The van der Waals surface area contributed by atoms with Gasteiger partial charge < -0.3 is 24.4 Å². The maximum atomic E-state index is 10.9. The first-order chi connectivity index (χ1) is 12.0. The van der Waals surface area contributed by atoms with E-state index in [4.69, 9.17) is 14.4 Å². The van der Waals surface area contributed by atoms with E-state index in [2.05, 4.69) is 10.1 Å². The Bertz CT molecular complexity index is 705. The van der Waals surface area contributed by atoms with Crippen LogP contribution in [-0.2, 0) is 11.3 Å². The molecule has 134 valence electrons. The van der Waals surface area contributed by atoms with Gasteiger partial charge in [0.25, 0.3) is 5.89 Å². The van der Waals surface area contributed by atoms with Crippen molar-refractivity contribution in [2.45, 2.75) is 38.6 Å². The van der Waals surface area contributed by atoms with E-state index in [9.17, 15) is 9.90 Å². The molecule has 0 saturated carbocycles. The summed E-state index contributed by atoms with van der Waals surface area (Å²) in [6.07, 6.45) is -0.0747. The number of aliphatic hydroxyl groups is 1. The number of hydrogen-bond acceptors (Lipinski definition) is 6. The molecular formula is C17H21N3O5. The van der Waals surface area contributed by atoms with Crippen molar-refractivity contribution in [3.8, 4) is 11.5 Å². The van der Waals surface area contributed by atoms with Gasteiger partial charge in [-0.25, -0.2) is 4.79 Å². The van der Waals surface area contributed by atoms with Crippen molar-refractivity contribution in [2.75, 3.05) is 13.1 Å². The topological polar surface area (TPSA) is 109 Å². The van der Waals surface area contributed by atoms with E-state index in [1.807, 2.05) is 24.3 Å². The Hall–Kier alpha value is -2.45. The van der Waals surface area contributed by atoms with Crippen LogP contribution in [0.1, 0.15) is 37.3 Å². The molecule has 0 aliphatic carbocycles. The SMILES string of the molecule is CC(O)c1ccc(-c2nc(COC3CCN(C(=O)O)CC3)no2)cc1. The molecule has 1 unspecified atom stereocenters. The molecule has 8 heteroatoms. The van der Waals surface area contributed by atoms with Crippen molar-refractivity contribution in [3.63, 3.8) is 0 Å². The quantitative estimate of drug-likeness (QED) is 0.855. The summed E-state index contributed by atoms with van der Waals surface area (Å²) in [5, 5.41) is 22.4. The number of nitrogens with zero attached hydrogens (tertiary/aromatic N) is 3. The molecule has 1 saturated heterocycles. The Labute approximate surface area is 145 Å². The molecule has 0 radical (unpaired) electrons. The fourth-order valence-electron chi connectivity index (χ4n) is 2.74. The number of benzene rings is 1. The number of amides is 1. The van der Waals surface area contributed by atoms with Gasteiger partial charge in [0.05, 0.1) is 12.2 Å². The third-order valence-electron chi connectivity index (χ3n) is 4.27. The van der Waals surface area contributed by atoms with E-state index in [-0.39, 0.29) is 12.7 Å². The second kappa shape index (κ2) is 7.62. The number of carboxylic acid groups (broad SMARTS) is 1. The van der Waals surface area contributed by atoms with Crippen LogP contribution in [0.25, 0.3) is 11.5 Å². The number of carbonyl (C=O) groups is 1. The van der Waals surface area contributed by atoms with Crippen molar-refractivity contribution in [2.24, 2.45) is 0 Å². The number of piperidine rings is 1. The summed E-state index contributed by atoms with van der Waals surface area (Å²) in [6.45, 7) is 2.89. The molecule has 0 bridgehead atoms. The summed E-state index contributed by atoms with van der Waals surface area (Å²) < 4.78 is 11.0. The Morgan fingerprint density at radius 2 is 2.04 bits per heavy atom. The van der Waals surface area contributed by atoms with Gasteiger partial charge in [-0.1, -0.05) is 17.3 Å². The van der Waals surface area contributed by atoms with Gasteiger partial charge in [0.15, 0.2) is 5.82 Å². The van der Waals surface area contributed by atoms with Crippen LogP contribution in [0.15, 0.2) is 28.8 Å². The number of rotatable bonds is 5. The first kappa shape index (κ1) is 17.4. The fourth-order valence-corrected chi connectivity index (χ4v) is 2.74. The van der Waals surface area contributed by atoms with E-state index < -0.39 is 12.2 Å². The third kappa shape index (κ3) is 4.34. The third-order valence-corrected chi connectivity index (χ3v) is 4.27. The van der Waals surface area contributed by atoms with Crippen LogP contribution in [-0.4, -0.2) is 50.5 Å². The van der Waals surface area contributed by atoms with Crippen molar-refractivity contribution >= 4 is 6.09 Å². The highest BCUT2D eigenvalue weighted by Crippen LogP contribution is 2.21. The van der Waals surface area contributed by atoms with Gasteiger partial charge in [-0.15, -0.1) is 0 Å². The average Bonchev–Trinajstić information content (AvgIpc) is 3.09. The van der Waals surface area contributed by atoms with E-state index in [0.29, 0.717) is 37.6 Å². The second-order valence-electron chi connectivity index (χ2n) is 6.09. The van der Waals surface area contributed by atoms with Gasteiger partial charge in [0.1, 0.15) is 6.61 Å². The van der Waals surface area contributed by atoms with Gasteiger partial charge in [0.2, 0.25) is 0 Å². The maximum absolute atomic E-state index is 10.9. The van der Waals surface area contributed by atoms with Gasteiger partial charge in [-0.05, 0) is 37.5 Å². The lowest BCUT2D eigenvalue weighted by atomic mass is 10.1. The summed E-state index contributed by atoms with van der Waals surface area (Å²) in [5.41, 5.74) is 1.59. The molecule has 8 nitrogen and oxygen atoms in total. The summed E-state index contributed by atoms with van der Waals surface area (Å²) in [6, 6.07) is 7.27. The second-order valence-corrected chi connectivity index (χ2v) is 6.09. The predicted molar refractivity (Wildman–Crippen MR) is 87.8 cm³/mol. The van der Waals surface area contributed by atoms with Crippen LogP contribution in [0, 0.1) is 0 Å². The molecule has 3 rings (SSSR count). The highest BCUT2D eigenvalue weighted by molar-refractivity contribution is 5.65. The zero-order chi connectivity index (χ0) is 17.8. The molecule has 2 aromatic rings. The molecule has 1 aliphatic heterocycles. The fraction of sp³-hybridized carbons (Fsp3) is 0.471. The van der Waals surface area contributed by atoms with E-state index in [0.717, 1.165) is 11.1 Å². The van der Waals surface area contributed by atoms with Crippen LogP contribution < -0.4 is 0 Å². The lowest BCUT2D eigenvalue weighted by molar-refractivity contribution is -0.00294. The molecule has 1 fully saturated rings. The molecule has 25 heavy (non-hydrogen) atoms. The molecule has 1 aliphatic rings. The number of likely N-dealkylation sites (tertiary alicyclic amines) is 1. The molecular weight excluding hydrogens is 326 g/mol. The minimum absolute atomic E-state index is 0.00266. The lowest BCUT2D eigenvalue weighted by Gasteiger charge is -2.29. The van der Waals surface area contributed by atoms with Gasteiger partial charge in [-0.2, -0.15) is 4.98 Å². The van der Waals surface area contributed by atoms with Crippen molar-refractivity contribution < 1.29 is 24.3 Å². The minimum Gasteiger partial charge on any atom is -0.465 e. The zero-order valence-electron chi connectivity index (χ0n) is 14.0. The zero-order valence-corrected chi connectivity index (χ0v) is 14.0. The highest BCUT2D eigenvalue weighted by atomic mass is 16.5. The standard InChI is InChI=1S/C17H21N3O5/c1-11(21)12-2-4-13(5-3-12)16-18-15(19-25-16)10-24-14-6-8-20(9-7-14)17(22)23/h2-5,11,14,21H,6-10H2,1H3,(H,22,23). The van der Waals surface area contributed by atoms with Crippen LogP contribution in [0.3, 0.4) is 0 Å². The normalized spacial score (nSPS) is 16.8. The van der Waals surface area contributed by atoms with E-state index in [1.54, 1.807) is 6.92 Å². The Morgan fingerprint density at radius 3 is 2.64 bits per heavy atom. The minimum atomic E-state index is -0.886. The largest absolute Gasteiger partial charge is 0.465 e. The molecule has 1 atom stereocenters. The van der Waals surface area contributed by atoms with Crippen molar-refractivity contribution in [3.05, 3.63) is 35.7 Å². The van der Waals surface area contributed by atoms with Gasteiger partial charge in [-0.3, -0.25) is 0 Å². The van der Waals surface area contributed by atoms with Crippen molar-refractivity contribution in [1.29, 1.82) is 0 Å². The lowest BCUT2D eigenvalue weighted by Crippen LogP contribution is -2.40. The summed E-state index contributed by atoms with van der Waals surface area (Å²) in [5.74, 6) is 0.853. The number of ether oxygens (including phenoxy) is 1. The van der Waals surface area contributed by atoms with Crippen LogP contribution in [0.5, 0.6) is 0 Å². The van der Waals surface area contributed by atoms with Crippen LogP contribution >= 0.6 is 0 Å². The molecule has 2 heterocycles. The molecule has 0 spiro atoms. The Morgan fingerprint density at radius 1 is 1.36 bits per heavy atom. The maximum Gasteiger partial charge on any atom is 0.407 e.